The number of amides is 1. The first-order valence-corrected chi connectivity index (χ1v) is 6.22. The van der Waals surface area contributed by atoms with Gasteiger partial charge in [0.15, 0.2) is 0 Å². The Morgan fingerprint density at radius 1 is 1.24 bits per heavy atom. The van der Waals surface area contributed by atoms with Crippen molar-refractivity contribution in [1.29, 1.82) is 0 Å². The number of nitro benzene ring substituents is 1. The van der Waals surface area contributed by atoms with Crippen molar-refractivity contribution in [2.24, 2.45) is 0 Å². The zero-order valence-corrected chi connectivity index (χ0v) is 11.8. The lowest BCUT2D eigenvalue weighted by atomic mass is 10.1. The van der Waals surface area contributed by atoms with Crippen molar-refractivity contribution in [2.75, 3.05) is 5.43 Å². The van der Waals surface area contributed by atoms with Crippen LogP contribution in [0.2, 0.25) is 0 Å². The minimum atomic E-state index is -0.763. The number of halogens is 1. The van der Waals surface area contributed by atoms with Crippen LogP contribution < -0.4 is 5.43 Å². The number of rotatable bonds is 3. The second-order valence-corrected chi connectivity index (χ2v) is 4.77. The topological polar surface area (TPSA) is 77.2 Å². The number of carbonyl (C=O) groups is 1. The van der Waals surface area contributed by atoms with Crippen molar-refractivity contribution in [2.45, 2.75) is 20.8 Å². The van der Waals surface area contributed by atoms with E-state index < -0.39 is 16.6 Å². The maximum absolute atomic E-state index is 14.0. The molecule has 7 heteroatoms. The molecule has 0 saturated carbocycles. The van der Waals surface area contributed by atoms with Crippen LogP contribution in [-0.2, 0) is 0 Å². The average Bonchev–Trinajstić information content (AvgIpc) is 2.73. The maximum atomic E-state index is 14.0. The van der Waals surface area contributed by atoms with Gasteiger partial charge in [-0.15, -0.1) is 0 Å². The highest BCUT2D eigenvalue weighted by Crippen LogP contribution is 2.21. The third-order valence-electron chi connectivity index (χ3n) is 3.18. The van der Waals surface area contributed by atoms with Gasteiger partial charge in [-0.1, -0.05) is 0 Å². The summed E-state index contributed by atoms with van der Waals surface area (Å²) in [6.45, 7) is 4.94. The number of hydrogen-bond donors (Lipinski definition) is 1. The lowest BCUT2D eigenvalue weighted by Crippen LogP contribution is -2.25. The van der Waals surface area contributed by atoms with E-state index in [1.165, 1.54) is 11.6 Å². The number of nitro groups is 1. The van der Waals surface area contributed by atoms with Crippen LogP contribution in [0, 0.1) is 36.7 Å². The van der Waals surface area contributed by atoms with Gasteiger partial charge >= 0.3 is 0 Å². The standard InChI is InChI=1S/C14H14FN3O3/c1-8-6-11(18(20)21)7-12(13(8)15)14(19)16-17-9(2)4-5-10(17)3/h4-7H,1-3H3,(H,16,19). The molecule has 0 aliphatic carbocycles. The van der Waals surface area contributed by atoms with Crippen LogP contribution in [0.25, 0.3) is 0 Å². The van der Waals surface area contributed by atoms with Crippen molar-refractivity contribution in [3.63, 3.8) is 0 Å². The quantitative estimate of drug-likeness (QED) is 0.697. The highest BCUT2D eigenvalue weighted by molar-refractivity contribution is 6.01. The number of non-ortho nitro benzene ring substituents is 1. The molecule has 1 aromatic heterocycles. The van der Waals surface area contributed by atoms with Crippen LogP contribution >= 0.6 is 0 Å². The van der Waals surface area contributed by atoms with Crippen LogP contribution in [0.15, 0.2) is 24.3 Å². The molecule has 1 heterocycles. The minimum Gasteiger partial charge on any atom is -0.267 e. The molecule has 0 aliphatic rings. The Labute approximate surface area is 120 Å². The third-order valence-corrected chi connectivity index (χ3v) is 3.18. The summed E-state index contributed by atoms with van der Waals surface area (Å²) >= 11 is 0. The molecular weight excluding hydrogens is 277 g/mol. The van der Waals surface area contributed by atoms with Gasteiger partial charge in [0.05, 0.1) is 10.5 Å². The van der Waals surface area contributed by atoms with Gasteiger partial charge in [-0.25, -0.2) is 4.39 Å². The predicted octanol–water partition coefficient (Wildman–Crippen LogP) is 2.84. The Bertz CT molecular complexity index is 718. The Kier molecular flexibility index (Phi) is 3.75. The minimum absolute atomic E-state index is 0.0512. The molecule has 21 heavy (non-hydrogen) atoms. The zero-order valence-electron chi connectivity index (χ0n) is 11.8. The van der Waals surface area contributed by atoms with Gasteiger partial charge < -0.3 is 0 Å². The Hall–Kier alpha value is -2.70. The fraction of sp³-hybridized carbons (Fsp3) is 0.214. The molecule has 1 N–H and O–H groups in total. The lowest BCUT2D eigenvalue weighted by molar-refractivity contribution is -0.385. The van der Waals surface area contributed by atoms with E-state index in [1.54, 1.807) is 26.0 Å². The van der Waals surface area contributed by atoms with Gasteiger partial charge in [0.2, 0.25) is 0 Å². The van der Waals surface area contributed by atoms with Crippen molar-refractivity contribution in [3.05, 3.63) is 62.7 Å². The van der Waals surface area contributed by atoms with Gasteiger partial charge in [-0.05, 0) is 38.5 Å². The Morgan fingerprint density at radius 2 is 1.81 bits per heavy atom. The van der Waals surface area contributed by atoms with Gasteiger partial charge in [-0.3, -0.25) is 25.0 Å². The summed E-state index contributed by atoms with van der Waals surface area (Å²) in [6, 6.07) is 5.62. The van der Waals surface area contributed by atoms with Crippen LogP contribution in [-0.4, -0.2) is 15.5 Å². The summed E-state index contributed by atoms with van der Waals surface area (Å²) < 4.78 is 15.5. The van der Waals surface area contributed by atoms with Crippen LogP contribution in [0.1, 0.15) is 27.3 Å². The van der Waals surface area contributed by atoms with Crippen molar-refractivity contribution in [1.82, 2.24) is 4.68 Å². The molecular formula is C14H14FN3O3. The molecule has 1 aromatic carbocycles. The number of hydrogen-bond acceptors (Lipinski definition) is 3. The van der Waals surface area contributed by atoms with Crippen LogP contribution in [0.4, 0.5) is 10.1 Å². The third kappa shape index (κ3) is 2.76. The van der Waals surface area contributed by atoms with E-state index in [4.69, 9.17) is 0 Å². The highest BCUT2D eigenvalue weighted by atomic mass is 19.1. The van der Waals surface area contributed by atoms with Crippen molar-refractivity contribution < 1.29 is 14.1 Å². The molecule has 2 rings (SSSR count). The normalized spacial score (nSPS) is 10.5. The summed E-state index contributed by atoms with van der Waals surface area (Å²) in [5.41, 5.74) is 3.44. The van der Waals surface area contributed by atoms with Gasteiger partial charge in [-0.2, -0.15) is 0 Å². The van der Waals surface area contributed by atoms with Crippen LogP contribution in [0.5, 0.6) is 0 Å². The van der Waals surface area contributed by atoms with E-state index in [9.17, 15) is 19.3 Å². The number of benzene rings is 1. The number of nitrogens with one attached hydrogen (secondary N) is 1. The Morgan fingerprint density at radius 3 is 2.33 bits per heavy atom. The molecule has 0 bridgehead atoms. The van der Waals surface area contributed by atoms with E-state index in [0.29, 0.717) is 0 Å². The molecule has 0 aliphatic heterocycles. The highest BCUT2D eigenvalue weighted by Gasteiger charge is 2.20. The molecule has 1 amide bonds. The largest absolute Gasteiger partial charge is 0.273 e. The van der Waals surface area contributed by atoms with Crippen molar-refractivity contribution >= 4 is 11.6 Å². The Balaban J connectivity index is 2.42. The smallest absolute Gasteiger partial charge is 0.267 e. The fourth-order valence-electron chi connectivity index (χ4n) is 2.03. The zero-order chi connectivity index (χ0) is 15.7. The second-order valence-electron chi connectivity index (χ2n) is 4.77. The van der Waals surface area contributed by atoms with E-state index in [1.807, 2.05) is 0 Å². The summed E-state index contributed by atoms with van der Waals surface area (Å²) in [5.74, 6) is -1.50. The molecule has 110 valence electrons. The summed E-state index contributed by atoms with van der Waals surface area (Å²) in [6.07, 6.45) is 0. The van der Waals surface area contributed by atoms with E-state index in [-0.39, 0.29) is 16.8 Å². The number of carbonyl (C=O) groups excluding carboxylic acids is 1. The molecule has 0 saturated heterocycles. The summed E-state index contributed by atoms with van der Waals surface area (Å²) in [7, 11) is 0. The SMILES string of the molecule is Cc1cc([N+](=O)[O-])cc(C(=O)Nn2c(C)ccc2C)c1F. The predicted molar refractivity (Wildman–Crippen MR) is 75.4 cm³/mol. The number of aryl methyl sites for hydroxylation is 3. The number of nitrogens with zero attached hydrogens (tertiary/aromatic N) is 2. The maximum Gasteiger partial charge on any atom is 0.273 e. The molecule has 2 aromatic rings. The molecule has 0 fully saturated rings. The summed E-state index contributed by atoms with van der Waals surface area (Å²) in [4.78, 5) is 22.3. The van der Waals surface area contributed by atoms with E-state index >= 15 is 0 Å². The van der Waals surface area contributed by atoms with E-state index in [0.717, 1.165) is 23.5 Å². The fourth-order valence-corrected chi connectivity index (χ4v) is 2.03. The molecule has 0 atom stereocenters. The van der Waals surface area contributed by atoms with Crippen LogP contribution in [0.3, 0.4) is 0 Å². The average molecular weight is 291 g/mol. The molecule has 6 nitrogen and oxygen atoms in total. The summed E-state index contributed by atoms with van der Waals surface area (Å²) in [5, 5.41) is 10.8. The molecule has 0 radical (unpaired) electrons. The van der Waals surface area contributed by atoms with Crippen molar-refractivity contribution in [3.8, 4) is 0 Å². The second kappa shape index (κ2) is 5.35. The number of aromatic nitrogens is 1. The van der Waals surface area contributed by atoms with Gasteiger partial charge in [0, 0.05) is 23.5 Å². The molecule has 0 unspecified atom stereocenters. The van der Waals surface area contributed by atoms with Gasteiger partial charge in [0.1, 0.15) is 5.82 Å². The monoisotopic (exact) mass is 291 g/mol. The molecule has 0 spiro atoms. The first-order chi connectivity index (χ1) is 9.81. The first-order valence-electron chi connectivity index (χ1n) is 6.22. The first kappa shape index (κ1) is 14.7. The van der Waals surface area contributed by atoms with E-state index in [2.05, 4.69) is 5.43 Å². The lowest BCUT2D eigenvalue weighted by Gasteiger charge is -2.12. The van der Waals surface area contributed by atoms with Gasteiger partial charge in [0.25, 0.3) is 11.6 Å².